The van der Waals surface area contributed by atoms with Crippen LogP contribution in [0.5, 0.6) is 0 Å². The van der Waals surface area contributed by atoms with Gasteiger partial charge in [0.2, 0.25) is 0 Å². The van der Waals surface area contributed by atoms with E-state index in [-0.39, 0.29) is 17.8 Å². The zero-order valence-corrected chi connectivity index (χ0v) is 17.6. The van der Waals surface area contributed by atoms with Crippen LogP contribution < -0.4 is 5.32 Å². The molecule has 158 valence electrons. The molecular formula is C24H23FN4O2. The molecule has 31 heavy (non-hydrogen) atoms. The Morgan fingerprint density at radius 2 is 1.87 bits per heavy atom. The molecule has 1 unspecified atom stereocenters. The van der Waals surface area contributed by atoms with Gasteiger partial charge in [-0.2, -0.15) is 0 Å². The van der Waals surface area contributed by atoms with Gasteiger partial charge in [-0.3, -0.25) is 4.79 Å². The molecule has 0 fully saturated rings. The van der Waals surface area contributed by atoms with Gasteiger partial charge in [0.25, 0.3) is 5.91 Å². The van der Waals surface area contributed by atoms with Crippen molar-refractivity contribution in [1.29, 1.82) is 0 Å². The summed E-state index contributed by atoms with van der Waals surface area (Å²) < 4.78 is 14.7. The summed E-state index contributed by atoms with van der Waals surface area (Å²) >= 11 is 0. The Morgan fingerprint density at radius 3 is 2.58 bits per heavy atom. The fraction of sp³-hybridized carbons (Fsp3) is 0.250. The predicted molar refractivity (Wildman–Crippen MR) is 116 cm³/mol. The largest absolute Gasteiger partial charge is 0.384 e. The van der Waals surface area contributed by atoms with Gasteiger partial charge in [-0.15, -0.1) is 0 Å². The Labute approximate surface area is 180 Å². The molecule has 1 aliphatic heterocycles. The average molecular weight is 418 g/mol. The normalized spacial score (nSPS) is 15.5. The molecule has 1 N–H and O–H groups in total. The van der Waals surface area contributed by atoms with Crippen molar-refractivity contribution >= 4 is 11.6 Å². The molecule has 6 nitrogen and oxygen atoms in total. The van der Waals surface area contributed by atoms with Crippen molar-refractivity contribution in [2.75, 3.05) is 0 Å². The number of carbonyl (C=O) groups excluding carboxylic acids is 1. The first kappa shape index (κ1) is 20.7. The van der Waals surface area contributed by atoms with E-state index in [0.29, 0.717) is 40.2 Å². The van der Waals surface area contributed by atoms with Crippen molar-refractivity contribution in [3.63, 3.8) is 0 Å². The molecule has 2 aromatic carbocycles. The number of benzene rings is 2. The number of halogens is 1. The SMILES string of the molecule is Cc1ccc(-c2cc(C(=O)NC(C)C)cc(C3=NOC(c4ncccn4)C3)c2)c(F)c1. The second-order valence-electron chi connectivity index (χ2n) is 7.85. The molecule has 0 saturated carbocycles. The highest BCUT2D eigenvalue weighted by Gasteiger charge is 2.27. The van der Waals surface area contributed by atoms with Crippen molar-refractivity contribution in [1.82, 2.24) is 15.3 Å². The number of nitrogens with one attached hydrogen (secondary N) is 1. The minimum Gasteiger partial charge on any atom is -0.384 e. The van der Waals surface area contributed by atoms with Crippen LogP contribution in [-0.2, 0) is 4.84 Å². The van der Waals surface area contributed by atoms with Gasteiger partial charge in [0.05, 0.1) is 5.71 Å². The number of carbonyl (C=O) groups is 1. The lowest BCUT2D eigenvalue weighted by Crippen LogP contribution is -2.30. The topological polar surface area (TPSA) is 76.5 Å². The van der Waals surface area contributed by atoms with E-state index >= 15 is 0 Å². The quantitative estimate of drug-likeness (QED) is 0.657. The number of hydrogen-bond acceptors (Lipinski definition) is 5. The van der Waals surface area contributed by atoms with Crippen LogP contribution in [0.1, 0.15) is 53.7 Å². The summed E-state index contributed by atoms with van der Waals surface area (Å²) in [5.41, 5.74) is 3.65. The molecular weight excluding hydrogens is 395 g/mol. The second kappa shape index (κ2) is 8.63. The van der Waals surface area contributed by atoms with E-state index in [1.165, 1.54) is 6.07 Å². The third kappa shape index (κ3) is 4.60. The third-order valence-electron chi connectivity index (χ3n) is 4.93. The van der Waals surface area contributed by atoms with Gasteiger partial charge in [0.1, 0.15) is 5.82 Å². The van der Waals surface area contributed by atoms with Gasteiger partial charge in [0.15, 0.2) is 11.9 Å². The predicted octanol–water partition coefficient (Wildman–Crippen LogP) is 4.60. The average Bonchev–Trinajstić information content (AvgIpc) is 3.24. The lowest BCUT2D eigenvalue weighted by atomic mass is 9.95. The molecule has 7 heteroatoms. The first-order valence-corrected chi connectivity index (χ1v) is 10.1. The fourth-order valence-corrected chi connectivity index (χ4v) is 3.44. The Balaban J connectivity index is 1.72. The number of oxime groups is 1. The van der Waals surface area contributed by atoms with E-state index in [1.54, 1.807) is 36.7 Å². The van der Waals surface area contributed by atoms with Gasteiger partial charge in [-0.05, 0) is 62.2 Å². The molecule has 0 spiro atoms. The second-order valence-corrected chi connectivity index (χ2v) is 7.85. The van der Waals surface area contributed by atoms with E-state index in [4.69, 9.17) is 4.84 Å². The van der Waals surface area contributed by atoms with Crippen LogP contribution >= 0.6 is 0 Å². The Hall–Kier alpha value is -3.61. The molecule has 1 aromatic heterocycles. The minimum absolute atomic E-state index is 0.0255. The summed E-state index contributed by atoms with van der Waals surface area (Å²) in [5, 5.41) is 7.10. The first-order chi connectivity index (χ1) is 14.9. The maximum atomic E-state index is 14.7. The highest BCUT2D eigenvalue weighted by atomic mass is 19.1. The standard InChI is InChI=1S/C24H23FN4O2/c1-14(2)28-24(30)18-11-16(19-6-5-15(3)9-20(19)25)10-17(12-18)21-13-22(31-29-21)23-26-7-4-8-27-23/h4-12,14,22H,13H2,1-3H3,(H,28,30). The molecule has 0 saturated heterocycles. The van der Waals surface area contributed by atoms with Gasteiger partial charge >= 0.3 is 0 Å². The number of nitrogens with zero attached hydrogens (tertiary/aromatic N) is 3. The van der Waals surface area contributed by atoms with Crippen molar-refractivity contribution < 1.29 is 14.0 Å². The Kier molecular flexibility index (Phi) is 5.75. The molecule has 0 radical (unpaired) electrons. The van der Waals surface area contributed by atoms with E-state index < -0.39 is 6.10 Å². The van der Waals surface area contributed by atoms with Crippen LogP contribution in [-0.4, -0.2) is 27.6 Å². The molecule has 2 heterocycles. The zero-order chi connectivity index (χ0) is 22.0. The van der Waals surface area contributed by atoms with Crippen LogP contribution in [0.4, 0.5) is 4.39 Å². The highest BCUT2D eigenvalue weighted by Crippen LogP contribution is 2.31. The van der Waals surface area contributed by atoms with Crippen molar-refractivity contribution in [3.05, 3.63) is 83.2 Å². The fourth-order valence-electron chi connectivity index (χ4n) is 3.44. The summed E-state index contributed by atoms with van der Waals surface area (Å²) in [6, 6.07) is 12.0. The van der Waals surface area contributed by atoms with E-state index in [0.717, 1.165) is 5.56 Å². The van der Waals surface area contributed by atoms with Crippen LogP contribution in [0.2, 0.25) is 0 Å². The van der Waals surface area contributed by atoms with Crippen molar-refractivity contribution in [2.24, 2.45) is 5.16 Å². The number of aromatic nitrogens is 2. The number of amides is 1. The van der Waals surface area contributed by atoms with Crippen LogP contribution in [0.15, 0.2) is 60.0 Å². The molecule has 1 amide bonds. The minimum atomic E-state index is -0.399. The van der Waals surface area contributed by atoms with E-state index in [1.807, 2.05) is 32.9 Å². The summed E-state index contributed by atoms with van der Waals surface area (Å²) in [6.07, 6.45) is 3.36. The lowest BCUT2D eigenvalue weighted by molar-refractivity contribution is 0.0791. The first-order valence-electron chi connectivity index (χ1n) is 10.1. The Bertz CT molecular complexity index is 1150. The molecule has 3 aromatic rings. The van der Waals surface area contributed by atoms with Gasteiger partial charge in [-0.1, -0.05) is 17.3 Å². The summed E-state index contributed by atoms with van der Waals surface area (Å²) in [6.45, 7) is 5.62. The van der Waals surface area contributed by atoms with Crippen LogP contribution in [0, 0.1) is 12.7 Å². The van der Waals surface area contributed by atoms with Crippen molar-refractivity contribution in [2.45, 2.75) is 39.3 Å². The van der Waals surface area contributed by atoms with Gasteiger partial charge < -0.3 is 10.2 Å². The third-order valence-corrected chi connectivity index (χ3v) is 4.93. The van der Waals surface area contributed by atoms with Crippen LogP contribution in [0.3, 0.4) is 0 Å². The number of hydrogen-bond donors (Lipinski definition) is 1. The van der Waals surface area contributed by atoms with Gasteiger partial charge in [0, 0.05) is 41.5 Å². The molecule has 1 aliphatic rings. The smallest absolute Gasteiger partial charge is 0.251 e. The lowest BCUT2D eigenvalue weighted by Gasteiger charge is -2.13. The Morgan fingerprint density at radius 1 is 1.13 bits per heavy atom. The number of aryl methyl sites for hydroxylation is 1. The van der Waals surface area contributed by atoms with Gasteiger partial charge in [-0.25, -0.2) is 14.4 Å². The van der Waals surface area contributed by atoms with E-state index in [9.17, 15) is 9.18 Å². The summed E-state index contributed by atoms with van der Waals surface area (Å²) in [7, 11) is 0. The zero-order valence-electron chi connectivity index (χ0n) is 17.6. The molecule has 4 rings (SSSR count). The number of rotatable bonds is 5. The molecule has 1 atom stereocenters. The highest BCUT2D eigenvalue weighted by molar-refractivity contribution is 6.05. The monoisotopic (exact) mass is 418 g/mol. The van der Waals surface area contributed by atoms with E-state index in [2.05, 4.69) is 20.4 Å². The van der Waals surface area contributed by atoms with Crippen LogP contribution in [0.25, 0.3) is 11.1 Å². The summed E-state index contributed by atoms with van der Waals surface area (Å²) in [4.78, 5) is 26.7. The maximum absolute atomic E-state index is 14.7. The molecule has 0 aliphatic carbocycles. The maximum Gasteiger partial charge on any atom is 0.251 e. The molecule has 0 bridgehead atoms. The summed E-state index contributed by atoms with van der Waals surface area (Å²) in [5.74, 6) is -0.0274. The van der Waals surface area contributed by atoms with Crippen molar-refractivity contribution in [3.8, 4) is 11.1 Å².